The lowest BCUT2D eigenvalue weighted by atomic mass is 9.78. The molecule has 0 radical (unpaired) electrons. The molecule has 6 aromatic carbocycles. The van der Waals surface area contributed by atoms with Crippen LogP contribution in [-0.2, 0) is 0 Å². The number of fused-ring (bicyclic) bond motifs is 2. The molecule has 0 unspecified atom stereocenters. The normalized spacial score (nSPS) is 14.5. The van der Waals surface area contributed by atoms with E-state index in [1.807, 2.05) is 0 Å². The van der Waals surface area contributed by atoms with Crippen molar-refractivity contribution in [1.29, 1.82) is 0 Å². The second-order valence-electron chi connectivity index (χ2n) is 13.0. The molecule has 0 bridgehead atoms. The Balaban J connectivity index is 1.38. The maximum atomic E-state index is 2.41. The van der Waals surface area contributed by atoms with Gasteiger partial charge in [-0.3, -0.25) is 0 Å². The Kier molecular flexibility index (Phi) is 7.51. The second-order valence-corrected chi connectivity index (χ2v) is 13.0. The standard InChI is InChI=1S/C43H40N2/c1-43(2)29-32(25-28-36(30-43)45(4)34-17-9-6-10-18-34)42-39-21-13-11-19-37(39)41(38-20-12-14-22-40(38)42)31-23-26-35(27-24-31)44(3)33-15-7-5-8-16-33/h5-28H,29-30H2,1-4H3. The fourth-order valence-corrected chi connectivity index (χ4v) is 7.04. The van der Waals surface area contributed by atoms with E-state index in [0.717, 1.165) is 12.8 Å². The van der Waals surface area contributed by atoms with Gasteiger partial charge in [0, 0.05) is 36.9 Å². The van der Waals surface area contributed by atoms with Gasteiger partial charge in [0.15, 0.2) is 0 Å². The van der Waals surface area contributed by atoms with Gasteiger partial charge in [0.05, 0.1) is 0 Å². The zero-order valence-corrected chi connectivity index (χ0v) is 26.7. The lowest BCUT2D eigenvalue weighted by molar-refractivity contribution is 0.372. The quantitative estimate of drug-likeness (QED) is 0.180. The molecule has 7 rings (SSSR count). The summed E-state index contributed by atoms with van der Waals surface area (Å²) in [5.74, 6) is 0. The molecule has 2 nitrogen and oxygen atoms in total. The van der Waals surface area contributed by atoms with E-state index in [2.05, 4.69) is 183 Å². The van der Waals surface area contributed by atoms with Gasteiger partial charge in [0.25, 0.3) is 0 Å². The Morgan fingerprint density at radius 1 is 0.444 bits per heavy atom. The molecular weight excluding hydrogens is 544 g/mol. The van der Waals surface area contributed by atoms with E-state index >= 15 is 0 Å². The molecule has 0 atom stereocenters. The molecule has 1 aliphatic rings. The summed E-state index contributed by atoms with van der Waals surface area (Å²) in [6.45, 7) is 4.82. The molecule has 0 spiro atoms. The van der Waals surface area contributed by atoms with Crippen molar-refractivity contribution in [1.82, 2.24) is 0 Å². The molecule has 1 aliphatic carbocycles. The lowest BCUT2D eigenvalue weighted by Gasteiger charge is -2.30. The van der Waals surface area contributed by atoms with Crippen LogP contribution in [0.2, 0.25) is 0 Å². The smallest absolute Gasteiger partial charge is 0.0408 e. The number of rotatable bonds is 6. The van der Waals surface area contributed by atoms with Crippen LogP contribution in [0.3, 0.4) is 0 Å². The van der Waals surface area contributed by atoms with Gasteiger partial charge in [-0.15, -0.1) is 0 Å². The van der Waals surface area contributed by atoms with Crippen LogP contribution in [0.5, 0.6) is 0 Å². The summed E-state index contributed by atoms with van der Waals surface area (Å²) in [6, 6.07) is 48.3. The molecule has 0 amide bonds. The number of hydrogen-bond acceptors (Lipinski definition) is 2. The summed E-state index contributed by atoms with van der Waals surface area (Å²) in [4.78, 5) is 4.58. The van der Waals surface area contributed by atoms with E-state index in [4.69, 9.17) is 0 Å². The van der Waals surface area contributed by atoms with Gasteiger partial charge in [-0.25, -0.2) is 0 Å². The van der Waals surface area contributed by atoms with E-state index in [0.29, 0.717) is 0 Å². The predicted molar refractivity (Wildman–Crippen MR) is 195 cm³/mol. The maximum Gasteiger partial charge on any atom is 0.0408 e. The highest BCUT2D eigenvalue weighted by Gasteiger charge is 2.28. The van der Waals surface area contributed by atoms with Crippen molar-refractivity contribution in [3.8, 4) is 11.1 Å². The summed E-state index contributed by atoms with van der Waals surface area (Å²) in [7, 11) is 4.32. The molecule has 0 aromatic heterocycles. The highest BCUT2D eigenvalue weighted by molar-refractivity contribution is 6.18. The van der Waals surface area contributed by atoms with Crippen molar-refractivity contribution in [3.63, 3.8) is 0 Å². The first kappa shape index (κ1) is 28.7. The molecule has 0 aliphatic heterocycles. The van der Waals surface area contributed by atoms with E-state index in [1.54, 1.807) is 0 Å². The molecule has 222 valence electrons. The monoisotopic (exact) mass is 584 g/mol. The molecular formula is C43H40N2. The largest absolute Gasteiger partial charge is 0.348 e. The zero-order chi connectivity index (χ0) is 31.0. The Bertz CT molecular complexity index is 1980. The van der Waals surface area contributed by atoms with Crippen molar-refractivity contribution in [2.45, 2.75) is 26.7 Å². The Morgan fingerprint density at radius 3 is 1.42 bits per heavy atom. The van der Waals surface area contributed by atoms with Gasteiger partial charge < -0.3 is 9.80 Å². The van der Waals surface area contributed by atoms with Crippen LogP contribution >= 0.6 is 0 Å². The molecule has 0 heterocycles. The SMILES string of the molecule is CN(C1=CC=C(c2c3ccccc3c(-c3ccc(N(C)c4ccccc4)cc3)c3ccccc23)CC(C)(C)C1)c1ccccc1. The molecule has 0 saturated carbocycles. The first-order valence-corrected chi connectivity index (χ1v) is 15.9. The highest BCUT2D eigenvalue weighted by Crippen LogP contribution is 2.47. The minimum Gasteiger partial charge on any atom is -0.348 e. The fourth-order valence-electron chi connectivity index (χ4n) is 7.04. The third-order valence-electron chi connectivity index (χ3n) is 9.32. The number of anilines is 3. The van der Waals surface area contributed by atoms with Gasteiger partial charge in [-0.2, -0.15) is 0 Å². The first-order chi connectivity index (χ1) is 21.9. The highest BCUT2D eigenvalue weighted by atomic mass is 15.1. The van der Waals surface area contributed by atoms with E-state index in [9.17, 15) is 0 Å². The topological polar surface area (TPSA) is 6.48 Å². The van der Waals surface area contributed by atoms with Crippen LogP contribution in [0.15, 0.2) is 151 Å². The summed E-state index contributed by atoms with van der Waals surface area (Å²) in [6.07, 6.45) is 6.77. The average molecular weight is 585 g/mol. The van der Waals surface area contributed by atoms with E-state index < -0.39 is 0 Å². The van der Waals surface area contributed by atoms with Gasteiger partial charge in [-0.1, -0.05) is 117 Å². The average Bonchev–Trinajstić information content (AvgIpc) is 3.24. The lowest BCUT2D eigenvalue weighted by Crippen LogP contribution is -2.22. The van der Waals surface area contributed by atoms with Crippen molar-refractivity contribution in [2.75, 3.05) is 23.9 Å². The molecule has 0 saturated heterocycles. The van der Waals surface area contributed by atoms with Crippen molar-refractivity contribution in [2.24, 2.45) is 5.41 Å². The maximum absolute atomic E-state index is 2.41. The van der Waals surface area contributed by atoms with Crippen LogP contribution in [0.4, 0.5) is 17.1 Å². The van der Waals surface area contributed by atoms with Crippen molar-refractivity contribution in [3.05, 3.63) is 157 Å². The summed E-state index contributed by atoms with van der Waals surface area (Å²) < 4.78 is 0. The minimum absolute atomic E-state index is 0.0959. The van der Waals surface area contributed by atoms with Crippen LogP contribution in [-0.4, -0.2) is 14.1 Å². The summed E-state index contributed by atoms with van der Waals surface area (Å²) in [5, 5.41) is 5.21. The number of allylic oxidation sites excluding steroid dienone is 4. The van der Waals surface area contributed by atoms with Gasteiger partial charge >= 0.3 is 0 Å². The summed E-state index contributed by atoms with van der Waals surface area (Å²) >= 11 is 0. The Hall–Kier alpha value is -5.08. The number of para-hydroxylation sites is 2. The Labute approximate surface area is 267 Å². The van der Waals surface area contributed by atoms with Gasteiger partial charge in [0.1, 0.15) is 0 Å². The Morgan fingerprint density at radius 2 is 0.889 bits per heavy atom. The number of benzene rings is 6. The molecule has 45 heavy (non-hydrogen) atoms. The van der Waals surface area contributed by atoms with Crippen LogP contribution in [0.25, 0.3) is 38.2 Å². The fraction of sp³-hybridized carbons (Fsp3) is 0.163. The molecule has 0 fully saturated rings. The summed E-state index contributed by atoms with van der Waals surface area (Å²) in [5.41, 5.74) is 10.3. The van der Waals surface area contributed by atoms with Gasteiger partial charge in [0.2, 0.25) is 0 Å². The second kappa shape index (κ2) is 11.8. The third kappa shape index (κ3) is 5.53. The zero-order valence-electron chi connectivity index (χ0n) is 26.7. The number of nitrogens with zero attached hydrogens (tertiary/aromatic N) is 2. The van der Waals surface area contributed by atoms with Gasteiger partial charge in [-0.05, 0) is 105 Å². The van der Waals surface area contributed by atoms with Crippen LogP contribution in [0.1, 0.15) is 32.3 Å². The van der Waals surface area contributed by atoms with Crippen molar-refractivity contribution >= 4 is 44.2 Å². The van der Waals surface area contributed by atoms with Crippen LogP contribution in [0, 0.1) is 5.41 Å². The van der Waals surface area contributed by atoms with E-state index in [-0.39, 0.29) is 5.41 Å². The molecule has 0 N–H and O–H groups in total. The first-order valence-electron chi connectivity index (χ1n) is 15.9. The number of hydrogen-bond donors (Lipinski definition) is 0. The van der Waals surface area contributed by atoms with Crippen LogP contribution < -0.4 is 9.80 Å². The van der Waals surface area contributed by atoms with Crippen molar-refractivity contribution < 1.29 is 0 Å². The molecule has 2 heteroatoms. The minimum atomic E-state index is 0.0959. The third-order valence-corrected chi connectivity index (χ3v) is 9.32. The molecule has 6 aromatic rings. The predicted octanol–water partition coefficient (Wildman–Crippen LogP) is 11.7. The van der Waals surface area contributed by atoms with E-state index in [1.165, 1.54) is 66.6 Å².